The summed E-state index contributed by atoms with van der Waals surface area (Å²) in [4.78, 5) is 7.34. The Morgan fingerprint density at radius 2 is 1.92 bits per heavy atom. The molecule has 5 rings (SSSR count). The summed E-state index contributed by atoms with van der Waals surface area (Å²) in [5, 5.41) is 1.64. The van der Waals surface area contributed by atoms with Crippen molar-refractivity contribution in [1.82, 2.24) is 9.30 Å². The van der Waals surface area contributed by atoms with Gasteiger partial charge in [-0.25, -0.2) is 22.7 Å². The van der Waals surface area contributed by atoms with Crippen LogP contribution in [0, 0.1) is 0 Å². The van der Waals surface area contributed by atoms with E-state index < -0.39 is 10.0 Å². The molecule has 0 saturated carbocycles. The van der Waals surface area contributed by atoms with Gasteiger partial charge >= 0.3 is 0 Å². The molecule has 0 bridgehead atoms. The number of rotatable bonds is 5. The van der Waals surface area contributed by atoms with Gasteiger partial charge in [-0.15, -0.1) is 0 Å². The summed E-state index contributed by atoms with van der Waals surface area (Å²) in [6.07, 6.45) is 3.10. The maximum atomic E-state index is 12.8. The summed E-state index contributed by atoms with van der Waals surface area (Å²) in [5.74, 6) is 2.18. The van der Waals surface area contributed by atoms with Crippen LogP contribution in [0.25, 0.3) is 5.57 Å². The van der Waals surface area contributed by atoms with Crippen LogP contribution >= 0.6 is 12.6 Å². The quantitative estimate of drug-likeness (QED) is 0.382. The third-order valence-electron chi connectivity index (χ3n) is 8.13. The molecule has 1 atom stereocenters. The zero-order chi connectivity index (χ0) is 26.9. The Balaban J connectivity index is 1.65. The fraction of sp³-hybridized carbons (Fsp3) is 0.500. The SMILES string of the molecule is CC1CC(C)(C)N(C)c2cc3c(cc21)N=c1cc2c(cc1O3)=[N+](C)C(C)(C)C=C2CS(=O)(=O)NCCS. The summed E-state index contributed by atoms with van der Waals surface area (Å²) in [6.45, 7) is 11.3. The number of likely N-dealkylation sites (N-methyl/N-ethyl adjacent to an activating group) is 1. The van der Waals surface area contributed by atoms with Crippen molar-refractivity contribution in [2.75, 3.05) is 37.0 Å². The molecule has 0 spiro atoms. The lowest BCUT2D eigenvalue weighted by molar-refractivity contribution is 0.393. The first-order valence-electron chi connectivity index (χ1n) is 12.8. The fourth-order valence-corrected chi connectivity index (χ4v) is 7.17. The molecule has 2 aromatic carbocycles. The maximum Gasteiger partial charge on any atom is 0.215 e. The van der Waals surface area contributed by atoms with E-state index in [1.807, 2.05) is 25.3 Å². The molecule has 0 radical (unpaired) electrons. The van der Waals surface area contributed by atoms with Gasteiger partial charge in [0.05, 0.1) is 17.4 Å². The van der Waals surface area contributed by atoms with Crippen LogP contribution in [0.1, 0.15) is 58.1 Å². The average Bonchev–Trinajstić information content (AvgIpc) is 2.81. The van der Waals surface area contributed by atoms with Crippen LogP contribution in [0.15, 0.2) is 35.3 Å². The Kier molecular flexibility index (Phi) is 6.28. The number of nitrogens with zero attached hydrogens (tertiary/aromatic N) is 3. The van der Waals surface area contributed by atoms with E-state index in [2.05, 4.69) is 80.6 Å². The highest BCUT2D eigenvalue weighted by molar-refractivity contribution is 7.90. The second kappa shape index (κ2) is 8.85. The maximum absolute atomic E-state index is 12.8. The van der Waals surface area contributed by atoms with Gasteiger partial charge in [-0.3, -0.25) is 0 Å². The minimum absolute atomic E-state index is 0.0581. The van der Waals surface area contributed by atoms with Gasteiger partial charge < -0.3 is 9.64 Å². The van der Waals surface area contributed by atoms with E-state index in [0.717, 1.165) is 34.4 Å². The molecule has 1 unspecified atom stereocenters. The highest BCUT2D eigenvalue weighted by Gasteiger charge is 2.37. The molecule has 1 N–H and O–H groups in total. The number of fused-ring (bicyclic) bond motifs is 4. The molecule has 7 nitrogen and oxygen atoms in total. The lowest BCUT2D eigenvalue weighted by atomic mass is 9.80. The van der Waals surface area contributed by atoms with E-state index in [0.29, 0.717) is 29.3 Å². The predicted molar refractivity (Wildman–Crippen MR) is 154 cm³/mol. The molecule has 3 aliphatic rings. The van der Waals surface area contributed by atoms with E-state index >= 15 is 0 Å². The van der Waals surface area contributed by atoms with Gasteiger partial charge in [0, 0.05) is 50.5 Å². The lowest BCUT2D eigenvalue weighted by Crippen LogP contribution is -2.48. The molecule has 0 aromatic heterocycles. The number of ether oxygens (including phenoxy) is 1. The first-order valence-corrected chi connectivity index (χ1v) is 15.0. The zero-order valence-corrected chi connectivity index (χ0v) is 24.4. The third kappa shape index (κ3) is 4.59. The van der Waals surface area contributed by atoms with Crippen molar-refractivity contribution >= 4 is 39.6 Å². The van der Waals surface area contributed by atoms with Crippen LogP contribution in [0.5, 0.6) is 11.5 Å². The normalized spacial score (nSPS) is 21.1. The minimum atomic E-state index is -3.51. The number of nitrogens with one attached hydrogen (secondary N) is 1. The number of thiol groups is 1. The van der Waals surface area contributed by atoms with Gasteiger partial charge in [-0.1, -0.05) is 6.92 Å². The number of hydrogen-bond donors (Lipinski definition) is 2. The first-order chi connectivity index (χ1) is 17.2. The highest BCUT2D eigenvalue weighted by atomic mass is 32.2. The smallest absolute Gasteiger partial charge is 0.215 e. The van der Waals surface area contributed by atoms with Crippen LogP contribution in [-0.4, -0.2) is 51.6 Å². The monoisotopic (exact) mass is 541 g/mol. The Bertz CT molecular complexity index is 1560. The van der Waals surface area contributed by atoms with E-state index in [9.17, 15) is 8.42 Å². The Morgan fingerprint density at radius 3 is 2.62 bits per heavy atom. The molecular formula is C28H37N4O3S2+. The number of benzene rings is 2. The largest absolute Gasteiger partial charge is 0.452 e. The fourth-order valence-electron chi connectivity index (χ4n) is 5.75. The average molecular weight is 542 g/mol. The number of hydrogen-bond acceptors (Lipinski definition) is 6. The molecular weight excluding hydrogens is 504 g/mol. The first kappa shape index (κ1) is 26.3. The van der Waals surface area contributed by atoms with E-state index in [1.54, 1.807) is 0 Å². The summed E-state index contributed by atoms with van der Waals surface area (Å²) in [5.41, 5.74) is 4.58. The van der Waals surface area contributed by atoms with Crippen molar-refractivity contribution in [2.24, 2.45) is 4.99 Å². The molecule has 9 heteroatoms. The lowest BCUT2D eigenvalue weighted by Gasteiger charge is -2.45. The van der Waals surface area contributed by atoms with Gasteiger partial charge in [0.25, 0.3) is 0 Å². The van der Waals surface area contributed by atoms with Crippen molar-refractivity contribution in [3.05, 3.63) is 52.2 Å². The van der Waals surface area contributed by atoms with Crippen LogP contribution in [0.4, 0.5) is 11.4 Å². The molecule has 2 aromatic rings. The Labute approximate surface area is 225 Å². The molecule has 0 amide bonds. The molecule has 3 heterocycles. The molecule has 37 heavy (non-hydrogen) atoms. The summed E-state index contributed by atoms with van der Waals surface area (Å²) < 4.78 is 36.9. The van der Waals surface area contributed by atoms with E-state index in [-0.39, 0.29) is 16.8 Å². The second-order valence-electron chi connectivity index (χ2n) is 11.7. The van der Waals surface area contributed by atoms with Crippen LogP contribution in [0.2, 0.25) is 0 Å². The topological polar surface area (TPSA) is 74.0 Å². The van der Waals surface area contributed by atoms with Gasteiger partial charge in [-0.05, 0) is 55.5 Å². The van der Waals surface area contributed by atoms with Crippen molar-refractivity contribution in [2.45, 2.75) is 58.0 Å². The van der Waals surface area contributed by atoms with E-state index in [1.165, 1.54) is 11.3 Å². The highest BCUT2D eigenvalue weighted by Crippen LogP contribution is 2.48. The molecule has 0 fully saturated rings. The predicted octanol–water partition coefficient (Wildman–Crippen LogP) is 3.61. The van der Waals surface area contributed by atoms with Gasteiger partial charge in [-0.2, -0.15) is 12.6 Å². The van der Waals surface area contributed by atoms with E-state index in [4.69, 9.17) is 9.73 Å². The second-order valence-corrected chi connectivity index (χ2v) is 13.9. The summed E-state index contributed by atoms with van der Waals surface area (Å²) in [6, 6.07) is 8.24. The minimum Gasteiger partial charge on any atom is -0.452 e. The van der Waals surface area contributed by atoms with Crippen LogP contribution < -0.4 is 29.6 Å². The third-order valence-corrected chi connectivity index (χ3v) is 9.69. The summed E-state index contributed by atoms with van der Waals surface area (Å²) in [7, 11) is 0.660. The molecule has 0 aliphatic carbocycles. The molecule has 198 valence electrons. The standard InChI is InChI=1S/C28H36N4O3S2/c1-17-14-27(2,3)31(6)23-12-25-21(10-19(17)23)30-22-11-20-18(16-37(33,34)29-8-9-36)15-28(4,5)32(7)24(20)13-26(22)35-25/h10-13,15,17,29H,8-9,14,16H2,1-7H3/p+1. The van der Waals surface area contributed by atoms with Crippen molar-refractivity contribution in [1.29, 1.82) is 0 Å². The number of anilines is 1. The van der Waals surface area contributed by atoms with Crippen LogP contribution in [0.3, 0.4) is 0 Å². The van der Waals surface area contributed by atoms with Gasteiger partial charge in [0.15, 0.2) is 17.0 Å². The Morgan fingerprint density at radius 1 is 1.19 bits per heavy atom. The number of sulfonamides is 1. The Hall–Kier alpha value is -2.36. The zero-order valence-electron chi connectivity index (χ0n) is 22.7. The summed E-state index contributed by atoms with van der Waals surface area (Å²) >= 11 is 4.13. The molecule has 3 aliphatic heterocycles. The van der Waals surface area contributed by atoms with Crippen molar-refractivity contribution in [3.8, 4) is 11.5 Å². The van der Waals surface area contributed by atoms with Crippen molar-refractivity contribution in [3.63, 3.8) is 0 Å². The van der Waals surface area contributed by atoms with Gasteiger partial charge in [0.1, 0.15) is 18.1 Å². The van der Waals surface area contributed by atoms with Gasteiger partial charge in [0.2, 0.25) is 15.4 Å². The molecule has 0 saturated heterocycles. The van der Waals surface area contributed by atoms with Crippen LogP contribution in [-0.2, 0) is 10.0 Å². The van der Waals surface area contributed by atoms with Crippen molar-refractivity contribution < 1.29 is 13.2 Å².